The highest BCUT2D eigenvalue weighted by molar-refractivity contribution is 8.01. The van der Waals surface area contributed by atoms with Crippen molar-refractivity contribution in [3.63, 3.8) is 0 Å². The van der Waals surface area contributed by atoms with Gasteiger partial charge in [-0.25, -0.2) is 0 Å². The first-order valence-electron chi connectivity index (χ1n) is 7.83. The van der Waals surface area contributed by atoms with E-state index in [0.29, 0.717) is 4.34 Å². The zero-order chi connectivity index (χ0) is 21.2. The summed E-state index contributed by atoms with van der Waals surface area (Å²) in [5.41, 5.74) is -0.696. The molecule has 0 bridgehead atoms. The van der Waals surface area contributed by atoms with E-state index in [1.54, 1.807) is 6.92 Å². The van der Waals surface area contributed by atoms with E-state index < -0.39 is 29.7 Å². The average Bonchev–Trinajstić information content (AvgIpc) is 3.28. The Morgan fingerprint density at radius 1 is 1.17 bits per heavy atom. The normalized spacial score (nSPS) is 13.5. The summed E-state index contributed by atoms with van der Waals surface area (Å²) in [5, 5.41) is 12.8. The van der Waals surface area contributed by atoms with Gasteiger partial charge in [-0.05, 0) is 19.1 Å². The molecule has 156 valence electrons. The quantitative estimate of drug-likeness (QED) is 0.392. The predicted molar refractivity (Wildman–Crippen MR) is 93.5 cm³/mol. The molecular formula is C15H11F6N5OS2. The fraction of sp³-hybridized carbons (Fsp3) is 0.333. The summed E-state index contributed by atoms with van der Waals surface area (Å²) >= 11 is 2.03. The minimum absolute atomic E-state index is 0.00667. The second-order valence-electron chi connectivity index (χ2n) is 5.64. The molecule has 0 spiro atoms. The molecule has 0 aliphatic carbocycles. The van der Waals surface area contributed by atoms with Crippen molar-refractivity contribution in [1.82, 2.24) is 20.3 Å². The minimum atomic E-state index is -4.50. The Bertz CT molecular complexity index is 971. The second-order valence-corrected chi connectivity index (χ2v) is 8.20. The molecule has 29 heavy (non-hydrogen) atoms. The smallest absolute Gasteiger partial charge is 0.351 e. The first-order chi connectivity index (χ1) is 13.5. The van der Waals surface area contributed by atoms with Crippen LogP contribution in [0.15, 0.2) is 33.1 Å². The maximum atomic E-state index is 12.8. The first kappa shape index (κ1) is 21.4. The Kier molecular flexibility index (Phi) is 6.03. The number of alkyl halides is 6. The van der Waals surface area contributed by atoms with Gasteiger partial charge in [-0.2, -0.15) is 31.3 Å². The highest BCUT2D eigenvalue weighted by Gasteiger charge is 2.31. The Hall–Kier alpha value is -2.35. The van der Waals surface area contributed by atoms with Crippen LogP contribution in [0.1, 0.15) is 23.6 Å². The van der Waals surface area contributed by atoms with E-state index in [-0.39, 0.29) is 22.4 Å². The molecule has 1 unspecified atom stereocenters. The third kappa shape index (κ3) is 5.82. The third-order valence-corrected chi connectivity index (χ3v) is 5.41. The van der Waals surface area contributed by atoms with E-state index in [4.69, 9.17) is 4.52 Å². The molecule has 0 saturated heterocycles. The van der Waals surface area contributed by atoms with Gasteiger partial charge in [-0.3, -0.25) is 0 Å². The standard InChI is InChI=1S/C15H11F6N5OS2/c1-7(28-13-25-24-12(29-13)22-6-14(16,17)18)11-23-10(26-27-11)8-3-2-4-9(5-8)15(19,20)21/h2-5,7H,6H2,1H3,(H,22,24). The lowest BCUT2D eigenvalue weighted by Crippen LogP contribution is -2.21. The summed E-state index contributed by atoms with van der Waals surface area (Å²) in [6, 6.07) is 4.51. The maximum Gasteiger partial charge on any atom is 0.416 e. The summed E-state index contributed by atoms with van der Waals surface area (Å²) < 4.78 is 80.6. The van der Waals surface area contributed by atoms with Crippen molar-refractivity contribution < 1.29 is 30.9 Å². The number of nitrogens with one attached hydrogen (secondary N) is 1. The number of halogens is 6. The summed E-state index contributed by atoms with van der Waals surface area (Å²) in [6.07, 6.45) is -8.88. The second kappa shape index (κ2) is 8.18. The lowest BCUT2D eigenvalue weighted by Gasteiger charge is -2.06. The fourth-order valence-electron chi connectivity index (χ4n) is 2.06. The Morgan fingerprint density at radius 3 is 2.62 bits per heavy atom. The molecule has 14 heteroatoms. The van der Waals surface area contributed by atoms with Crippen molar-refractivity contribution >= 4 is 28.2 Å². The number of hydrogen-bond donors (Lipinski definition) is 1. The van der Waals surface area contributed by atoms with Crippen molar-refractivity contribution in [1.29, 1.82) is 0 Å². The van der Waals surface area contributed by atoms with Crippen LogP contribution in [0.4, 0.5) is 31.5 Å². The van der Waals surface area contributed by atoms with Crippen LogP contribution >= 0.6 is 23.1 Å². The van der Waals surface area contributed by atoms with Gasteiger partial charge < -0.3 is 9.84 Å². The minimum Gasteiger partial charge on any atom is -0.351 e. The highest BCUT2D eigenvalue weighted by Crippen LogP contribution is 2.38. The number of aromatic nitrogens is 4. The predicted octanol–water partition coefficient (Wildman–Crippen LogP) is 5.43. The summed E-state index contributed by atoms with van der Waals surface area (Å²) in [6.45, 7) is 0.449. The number of hydrogen-bond acceptors (Lipinski definition) is 8. The van der Waals surface area contributed by atoms with E-state index in [1.165, 1.54) is 12.1 Å². The Morgan fingerprint density at radius 2 is 1.93 bits per heavy atom. The molecule has 0 aliphatic heterocycles. The molecule has 2 heterocycles. The van der Waals surface area contributed by atoms with Crippen LogP contribution < -0.4 is 5.32 Å². The molecule has 0 saturated carbocycles. The van der Waals surface area contributed by atoms with Crippen LogP contribution in [0.3, 0.4) is 0 Å². The lowest BCUT2D eigenvalue weighted by molar-refractivity contribution is -0.137. The summed E-state index contributed by atoms with van der Waals surface area (Å²) in [4.78, 5) is 4.10. The zero-order valence-corrected chi connectivity index (χ0v) is 16.0. The van der Waals surface area contributed by atoms with Crippen LogP contribution in [0.25, 0.3) is 11.4 Å². The number of rotatable bonds is 6. The number of benzene rings is 1. The van der Waals surface area contributed by atoms with E-state index in [1.807, 2.05) is 0 Å². The van der Waals surface area contributed by atoms with Crippen molar-refractivity contribution in [3.05, 3.63) is 35.7 Å². The van der Waals surface area contributed by atoms with Crippen molar-refractivity contribution in [2.24, 2.45) is 0 Å². The fourth-order valence-corrected chi connectivity index (χ4v) is 3.98. The topological polar surface area (TPSA) is 76.7 Å². The molecule has 0 amide bonds. The van der Waals surface area contributed by atoms with E-state index in [0.717, 1.165) is 35.2 Å². The summed E-state index contributed by atoms with van der Waals surface area (Å²) in [7, 11) is 0. The van der Waals surface area contributed by atoms with Gasteiger partial charge in [0.25, 0.3) is 0 Å². The molecule has 1 N–H and O–H groups in total. The molecule has 0 radical (unpaired) electrons. The SMILES string of the molecule is CC(Sc1nnc(NCC(F)(F)F)s1)c1nc(-c2cccc(C(F)(F)F)c2)no1. The van der Waals surface area contributed by atoms with E-state index >= 15 is 0 Å². The van der Waals surface area contributed by atoms with Crippen LogP contribution in [-0.2, 0) is 6.18 Å². The van der Waals surface area contributed by atoms with Crippen LogP contribution in [0.2, 0.25) is 0 Å². The summed E-state index contributed by atoms with van der Waals surface area (Å²) in [5.74, 6) is 0.116. The van der Waals surface area contributed by atoms with Gasteiger partial charge in [0.1, 0.15) is 6.54 Å². The largest absolute Gasteiger partial charge is 0.416 e. The molecule has 1 atom stereocenters. The molecular weight excluding hydrogens is 444 g/mol. The molecule has 0 aliphatic rings. The number of nitrogens with zero attached hydrogens (tertiary/aromatic N) is 4. The zero-order valence-electron chi connectivity index (χ0n) is 14.4. The van der Waals surface area contributed by atoms with Crippen molar-refractivity contribution in [2.45, 2.75) is 28.9 Å². The van der Waals surface area contributed by atoms with Gasteiger partial charge in [-0.1, -0.05) is 40.4 Å². The average molecular weight is 455 g/mol. The Labute approximate surface area is 167 Å². The van der Waals surface area contributed by atoms with E-state index in [9.17, 15) is 26.3 Å². The molecule has 6 nitrogen and oxygen atoms in total. The molecule has 2 aromatic heterocycles. The molecule has 0 fully saturated rings. The molecule has 3 aromatic rings. The van der Waals surface area contributed by atoms with Crippen molar-refractivity contribution in [3.8, 4) is 11.4 Å². The molecule has 3 rings (SSSR count). The van der Waals surface area contributed by atoms with Gasteiger partial charge in [0.2, 0.25) is 16.8 Å². The number of thioether (sulfide) groups is 1. The van der Waals surface area contributed by atoms with Gasteiger partial charge in [0, 0.05) is 5.56 Å². The maximum absolute atomic E-state index is 12.8. The van der Waals surface area contributed by atoms with E-state index in [2.05, 4.69) is 25.7 Å². The first-order valence-corrected chi connectivity index (χ1v) is 9.53. The van der Waals surface area contributed by atoms with Gasteiger partial charge in [0.15, 0.2) is 4.34 Å². The van der Waals surface area contributed by atoms with Crippen LogP contribution in [0.5, 0.6) is 0 Å². The van der Waals surface area contributed by atoms with Crippen LogP contribution in [0, 0.1) is 0 Å². The van der Waals surface area contributed by atoms with Gasteiger partial charge >= 0.3 is 12.4 Å². The number of anilines is 1. The van der Waals surface area contributed by atoms with Gasteiger partial charge in [-0.15, -0.1) is 10.2 Å². The van der Waals surface area contributed by atoms with Crippen molar-refractivity contribution in [2.75, 3.05) is 11.9 Å². The lowest BCUT2D eigenvalue weighted by atomic mass is 10.1. The Balaban J connectivity index is 1.67. The highest BCUT2D eigenvalue weighted by atomic mass is 32.2. The third-order valence-electron chi connectivity index (χ3n) is 3.36. The monoisotopic (exact) mass is 455 g/mol. The molecule has 1 aromatic carbocycles. The van der Waals surface area contributed by atoms with Gasteiger partial charge in [0.05, 0.1) is 10.8 Å². The van der Waals surface area contributed by atoms with Crippen LogP contribution in [-0.4, -0.2) is 33.1 Å².